The summed E-state index contributed by atoms with van der Waals surface area (Å²) in [5.41, 5.74) is 2.76. The number of rotatable bonds is 3. The molecule has 1 aromatic carbocycles. The fraction of sp³-hybridized carbons (Fsp3) is 0.600. The first-order valence-electron chi connectivity index (χ1n) is 6.58. The lowest BCUT2D eigenvalue weighted by molar-refractivity contribution is 0.106. The van der Waals surface area contributed by atoms with Crippen molar-refractivity contribution in [2.24, 2.45) is 0 Å². The molecule has 1 N–H and O–H groups in total. The highest BCUT2D eigenvalue weighted by Crippen LogP contribution is 2.33. The van der Waals surface area contributed by atoms with Crippen LogP contribution in [0.4, 0.5) is 0 Å². The lowest BCUT2D eigenvalue weighted by atomic mass is 9.81. The van der Waals surface area contributed by atoms with Crippen LogP contribution in [0.3, 0.4) is 0 Å². The molecule has 2 unspecified atom stereocenters. The smallest absolute Gasteiger partial charge is 0.0608 e. The molecule has 2 atom stereocenters. The van der Waals surface area contributed by atoms with Gasteiger partial charge in [-0.2, -0.15) is 0 Å². The maximum absolute atomic E-state index is 10.0. The number of aliphatic hydroxyl groups is 1. The monoisotopic (exact) mass is 218 g/mol. The fourth-order valence-corrected chi connectivity index (χ4v) is 2.77. The standard InChI is InChI=1S/C15H22O/c1-2-6-12-7-5-8-13(11-12)14-9-3-4-10-15(14)16/h5,7-8,11,14-16H,2-4,6,9-10H2,1H3. The summed E-state index contributed by atoms with van der Waals surface area (Å²) in [6.07, 6.45) is 6.80. The quantitative estimate of drug-likeness (QED) is 0.821. The molecule has 0 aromatic heterocycles. The van der Waals surface area contributed by atoms with Crippen molar-refractivity contribution in [3.8, 4) is 0 Å². The van der Waals surface area contributed by atoms with E-state index in [4.69, 9.17) is 0 Å². The van der Waals surface area contributed by atoms with Crippen LogP contribution in [0, 0.1) is 0 Å². The summed E-state index contributed by atoms with van der Waals surface area (Å²) in [5.74, 6) is 0.380. The average Bonchev–Trinajstić information content (AvgIpc) is 2.30. The Morgan fingerprint density at radius 2 is 2.06 bits per heavy atom. The summed E-state index contributed by atoms with van der Waals surface area (Å²) in [5, 5.41) is 10.0. The van der Waals surface area contributed by atoms with Crippen LogP contribution in [0.25, 0.3) is 0 Å². The van der Waals surface area contributed by atoms with Gasteiger partial charge in [0, 0.05) is 5.92 Å². The normalized spacial score (nSPS) is 25.6. The maximum Gasteiger partial charge on any atom is 0.0608 e. The topological polar surface area (TPSA) is 20.2 Å². The SMILES string of the molecule is CCCc1cccc(C2CCCCC2O)c1. The molecule has 16 heavy (non-hydrogen) atoms. The highest BCUT2D eigenvalue weighted by Gasteiger charge is 2.24. The van der Waals surface area contributed by atoms with Gasteiger partial charge >= 0.3 is 0 Å². The first-order valence-corrected chi connectivity index (χ1v) is 6.58. The number of aliphatic hydroxyl groups excluding tert-OH is 1. The van der Waals surface area contributed by atoms with E-state index in [2.05, 4.69) is 31.2 Å². The zero-order valence-electron chi connectivity index (χ0n) is 10.2. The fourth-order valence-electron chi connectivity index (χ4n) is 2.77. The summed E-state index contributed by atoms with van der Waals surface area (Å²) in [4.78, 5) is 0. The Morgan fingerprint density at radius 3 is 2.81 bits per heavy atom. The van der Waals surface area contributed by atoms with Gasteiger partial charge < -0.3 is 5.11 Å². The van der Waals surface area contributed by atoms with Crippen LogP contribution >= 0.6 is 0 Å². The molecular weight excluding hydrogens is 196 g/mol. The van der Waals surface area contributed by atoms with Gasteiger partial charge in [0.25, 0.3) is 0 Å². The highest BCUT2D eigenvalue weighted by atomic mass is 16.3. The van der Waals surface area contributed by atoms with E-state index < -0.39 is 0 Å². The van der Waals surface area contributed by atoms with Gasteiger partial charge in [-0.15, -0.1) is 0 Å². The third-order valence-electron chi connectivity index (χ3n) is 3.65. The average molecular weight is 218 g/mol. The van der Waals surface area contributed by atoms with Crippen LogP contribution in [0.2, 0.25) is 0 Å². The van der Waals surface area contributed by atoms with E-state index >= 15 is 0 Å². The van der Waals surface area contributed by atoms with Gasteiger partial charge in [-0.1, -0.05) is 50.5 Å². The van der Waals surface area contributed by atoms with Crippen LogP contribution in [-0.4, -0.2) is 11.2 Å². The van der Waals surface area contributed by atoms with E-state index in [9.17, 15) is 5.11 Å². The third-order valence-corrected chi connectivity index (χ3v) is 3.65. The van der Waals surface area contributed by atoms with Gasteiger partial charge in [-0.3, -0.25) is 0 Å². The molecular formula is C15H22O. The molecule has 1 aliphatic carbocycles. The van der Waals surface area contributed by atoms with Crippen molar-refractivity contribution in [3.63, 3.8) is 0 Å². The van der Waals surface area contributed by atoms with Crippen molar-refractivity contribution in [2.45, 2.75) is 57.5 Å². The molecule has 1 heteroatoms. The molecule has 1 aromatic rings. The van der Waals surface area contributed by atoms with E-state index in [1.165, 1.54) is 30.4 Å². The molecule has 0 heterocycles. The zero-order valence-corrected chi connectivity index (χ0v) is 10.2. The summed E-state index contributed by atoms with van der Waals surface area (Å²) in [6, 6.07) is 8.81. The second-order valence-electron chi connectivity index (χ2n) is 4.95. The van der Waals surface area contributed by atoms with E-state index in [0.717, 1.165) is 19.3 Å². The predicted molar refractivity (Wildman–Crippen MR) is 67.7 cm³/mol. The Bertz CT molecular complexity index is 332. The van der Waals surface area contributed by atoms with Gasteiger partial charge in [0.2, 0.25) is 0 Å². The molecule has 1 fully saturated rings. The van der Waals surface area contributed by atoms with Crippen LogP contribution in [0.1, 0.15) is 56.1 Å². The van der Waals surface area contributed by atoms with Crippen LogP contribution in [0.15, 0.2) is 24.3 Å². The lowest BCUT2D eigenvalue weighted by Gasteiger charge is -2.28. The van der Waals surface area contributed by atoms with E-state index in [1.807, 2.05) is 0 Å². The second-order valence-corrected chi connectivity index (χ2v) is 4.95. The Hall–Kier alpha value is -0.820. The van der Waals surface area contributed by atoms with Crippen molar-refractivity contribution >= 4 is 0 Å². The molecule has 0 aliphatic heterocycles. The van der Waals surface area contributed by atoms with Crippen molar-refractivity contribution in [1.29, 1.82) is 0 Å². The second kappa shape index (κ2) is 5.49. The number of aryl methyl sites for hydroxylation is 1. The Morgan fingerprint density at radius 1 is 1.25 bits per heavy atom. The number of hydrogen-bond acceptors (Lipinski definition) is 1. The number of benzene rings is 1. The van der Waals surface area contributed by atoms with Gasteiger partial charge in [-0.05, 0) is 30.4 Å². The van der Waals surface area contributed by atoms with Gasteiger partial charge in [0.1, 0.15) is 0 Å². The lowest BCUT2D eigenvalue weighted by Crippen LogP contribution is -2.22. The van der Waals surface area contributed by atoms with E-state index in [1.54, 1.807) is 0 Å². The molecule has 0 amide bonds. The molecule has 0 spiro atoms. The Kier molecular flexibility index (Phi) is 4.00. The predicted octanol–water partition coefficient (Wildman–Crippen LogP) is 3.66. The maximum atomic E-state index is 10.0. The Labute approximate surface area is 98.5 Å². The van der Waals surface area contributed by atoms with Crippen molar-refractivity contribution in [1.82, 2.24) is 0 Å². The van der Waals surface area contributed by atoms with Crippen molar-refractivity contribution in [2.75, 3.05) is 0 Å². The molecule has 0 radical (unpaired) electrons. The summed E-state index contributed by atoms with van der Waals surface area (Å²) < 4.78 is 0. The summed E-state index contributed by atoms with van der Waals surface area (Å²) in [6.45, 7) is 2.21. The molecule has 0 bridgehead atoms. The van der Waals surface area contributed by atoms with Crippen LogP contribution in [0.5, 0.6) is 0 Å². The van der Waals surface area contributed by atoms with Gasteiger partial charge in [-0.25, -0.2) is 0 Å². The van der Waals surface area contributed by atoms with Crippen molar-refractivity contribution in [3.05, 3.63) is 35.4 Å². The molecule has 1 nitrogen and oxygen atoms in total. The zero-order chi connectivity index (χ0) is 11.4. The minimum absolute atomic E-state index is 0.120. The first kappa shape index (κ1) is 11.7. The largest absolute Gasteiger partial charge is 0.392 e. The summed E-state index contributed by atoms with van der Waals surface area (Å²) in [7, 11) is 0. The van der Waals surface area contributed by atoms with E-state index in [-0.39, 0.29) is 6.10 Å². The molecule has 0 saturated heterocycles. The summed E-state index contributed by atoms with van der Waals surface area (Å²) >= 11 is 0. The Balaban J connectivity index is 2.15. The highest BCUT2D eigenvalue weighted by molar-refractivity contribution is 5.27. The van der Waals surface area contributed by atoms with Crippen LogP contribution < -0.4 is 0 Å². The van der Waals surface area contributed by atoms with E-state index in [0.29, 0.717) is 5.92 Å². The minimum Gasteiger partial charge on any atom is -0.392 e. The number of hydrogen-bond donors (Lipinski definition) is 1. The molecule has 1 aliphatic rings. The third kappa shape index (κ3) is 2.65. The minimum atomic E-state index is -0.120. The van der Waals surface area contributed by atoms with Gasteiger partial charge in [0.15, 0.2) is 0 Å². The molecule has 2 rings (SSSR count). The molecule has 1 saturated carbocycles. The first-order chi connectivity index (χ1) is 7.81. The van der Waals surface area contributed by atoms with Crippen LogP contribution in [-0.2, 0) is 6.42 Å². The van der Waals surface area contributed by atoms with Crippen molar-refractivity contribution < 1.29 is 5.11 Å². The van der Waals surface area contributed by atoms with Gasteiger partial charge in [0.05, 0.1) is 6.10 Å². The molecule has 88 valence electrons.